The Morgan fingerprint density at radius 2 is 2.16 bits per heavy atom. The molecule has 10 heteroatoms. The second kappa shape index (κ2) is 7.83. The van der Waals surface area contributed by atoms with Crippen molar-refractivity contribution in [3.05, 3.63) is 65.2 Å². The molecule has 0 bridgehead atoms. The molecule has 0 saturated heterocycles. The molecule has 3 heterocycles. The van der Waals surface area contributed by atoms with Crippen molar-refractivity contribution in [2.75, 3.05) is 5.32 Å². The molecule has 0 atom stereocenters. The number of carbonyl (C=O) groups is 1. The predicted molar refractivity (Wildman–Crippen MR) is 115 cm³/mol. The van der Waals surface area contributed by atoms with Crippen LogP contribution in [0, 0.1) is 11.3 Å². The van der Waals surface area contributed by atoms with Crippen molar-refractivity contribution in [1.29, 1.82) is 5.26 Å². The molecule has 0 spiro atoms. The normalized spacial score (nSPS) is 11.5. The molecule has 0 saturated carbocycles. The maximum atomic E-state index is 13.0. The third-order valence-electron chi connectivity index (χ3n) is 4.38. The Hall–Kier alpha value is -3.74. The van der Waals surface area contributed by atoms with Crippen molar-refractivity contribution in [2.45, 2.75) is 26.0 Å². The van der Waals surface area contributed by atoms with E-state index in [1.165, 1.54) is 15.4 Å². The largest absolute Gasteiger partial charge is 0.389 e. The number of rotatable bonds is 5. The quantitative estimate of drug-likeness (QED) is 0.496. The van der Waals surface area contributed by atoms with Crippen molar-refractivity contribution >= 4 is 28.8 Å². The second-order valence-electron chi connectivity index (χ2n) is 7.64. The Bertz CT molecular complexity index is 1330. The van der Waals surface area contributed by atoms with Crippen LogP contribution in [0.5, 0.6) is 0 Å². The molecular weight excluding hydrogens is 418 g/mol. The van der Waals surface area contributed by atoms with Gasteiger partial charge in [-0.3, -0.25) is 9.48 Å². The van der Waals surface area contributed by atoms with Gasteiger partial charge < -0.3 is 10.4 Å². The molecule has 1 aromatic carbocycles. The van der Waals surface area contributed by atoms with E-state index in [-0.39, 0.29) is 6.54 Å². The van der Waals surface area contributed by atoms with E-state index in [0.717, 1.165) is 0 Å². The van der Waals surface area contributed by atoms with Gasteiger partial charge in [-0.05, 0) is 38.1 Å². The van der Waals surface area contributed by atoms with Crippen LogP contribution >= 0.6 is 11.6 Å². The minimum Gasteiger partial charge on any atom is -0.389 e. The van der Waals surface area contributed by atoms with Crippen LogP contribution in [0.4, 0.5) is 5.69 Å². The van der Waals surface area contributed by atoms with Crippen molar-refractivity contribution in [3.63, 3.8) is 0 Å². The van der Waals surface area contributed by atoms with E-state index in [2.05, 4.69) is 26.6 Å². The van der Waals surface area contributed by atoms with E-state index in [9.17, 15) is 15.2 Å². The fourth-order valence-corrected chi connectivity index (χ4v) is 3.41. The Morgan fingerprint density at radius 1 is 1.35 bits per heavy atom. The van der Waals surface area contributed by atoms with Gasteiger partial charge in [-0.2, -0.15) is 15.5 Å². The van der Waals surface area contributed by atoms with Gasteiger partial charge in [0, 0.05) is 29.2 Å². The number of fused-ring (bicyclic) bond motifs is 1. The minimum atomic E-state index is -1.02. The van der Waals surface area contributed by atoms with Gasteiger partial charge in [0.15, 0.2) is 5.65 Å². The number of nitriles is 1. The van der Waals surface area contributed by atoms with Gasteiger partial charge in [-0.15, -0.1) is 0 Å². The number of hydrogen-bond donors (Lipinski definition) is 2. The standard InChI is InChI=1S/C21H18ClN7O2/c1-21(2,31)12-28-11-17(18(27-28)14-6-13(9-23)7-15(22)8-14)26-20(30)16-10-25-29-5-3-4-24-19(16)29/h3-8,10-11,31H,12H2,1-2H3,(H,26,30). The smallest absolute Gasteiger partial charge is 0.261 e. The first kappa shape index (κ1) is 20.5. The predicted octanol–water partition coefficient (Wildman–Crippen LogP) is 3.14. The summed E-state index contributed by atoms with van der Waals surface area (Å²) in [5.41, 5.74) is 1.43. The first-order chi connectivity index (χ1) is 14.7. The Balaban J connectivity index is 1.76. The Labute approximate surface area is 182 Å². The highest BCUT2D eigenvalue weighted by Gasteiger charge is 2.21. The van der Waals surface area contributed by atoms with Gasteiger partial charge in [-0.25, -0.2) is 9.50 Å². The number of aliphatic hydroxyl groups is 1. The van der Waals surface area contributed by atoms with E-state index in [1.807, 2.05) is 0 Å². The van der Waals surface area contributed by atoms with Gasteiger partial charge in [0.1, 0.15) is 11.3 Å². The molecule has 4 rings (SSSR count). The topological polar surface area (TPSA) is 121 Å². The molecule has 0 aliphatic rings. The number of amides is 1. The number of halogens is 1. The maximum Gasteiger partial charge on any atom is 0.261 e. The minimum absolute atomic E-state index is 0.194. The molecule has 0 aliphatic carbocycles. The zero-order valence-corrected chi connectivity index (χ0v) is 17.5. The fourth-order valence-electron chi connectivity index (χ4n) is 3.17. The lowest BCUT2D eigenvalue weighted by Crippen LogP contribution is -2.26. The monoisotopic (exact) mass is 435 g/mol. The molecule has 0 radical (unpaired) electrons. The van der Waals surface area contributed by atoms with Gasteiger partial charge in [0.25, 0.3) is 5.91 Å². The Kier molecular flexibility index (Phi) is 5.19. The van der Waals surface area contributed by atoms with Crippen LogP contribution in [0.15, 0.2) is 49.1 Å². The van der Waals surface area contributed by atoms with E-state index >= 15 is 0 Å². The van der Waals surface area contributed by atoms with Crippen LogP contribution in [-0.4, -0.2) is 41.0 Å². The van der Waals surface area contributed by atoms with Crippen LogP contribution in [0.25, 0.3) is 16.9 Å². The molecule has 0 aliphatic heterocycles. The molecule has 3 aromatic heterocycles. The highest BCUT2D eigenvalue weighted by Crippen LogP contribution is 2.30. The number of aromatic nitrogens is 5. The Morgan fingerprint density at radius 3 is 2.90 bits per heavy atom. The van der Waals surface area contributed by atoms with Crippen molar-refractivity contribution in [1.82, 2.24) is 24.4 Å². The number of nitrogens with one attached hydrogen (secondary N) is 1. The van der Waals surface area contributed by atoms with Crippen LogP contribution in [0.1, 0.15) is 29.8 Å². The number of nitrogens with zero attached hydrogens (tertiary/aromatic N) is 6. The SMILES string of the molecule is CC(C)(O)Cn1cc(NC(=O)c2cnn3cccnc23)c(-c2cc(Cl)cc(C#N)c2)n1. The van der Waals surface area contributed by atoms with Gasteiger partial charge >= 0.3 is 0 Å². The van der Waals surface area contributed by atoms with E-state index in [1.54, 1.807) is 56.7 Å². The molecule has 1 amide bonds. The van der Waals surface area contributed by atoms with Crippen LogP contribution in [0.2, 0.25) is 5.02 Å². The molecular formula is C21H18ClN7O2. The van der Waals surface area contributed by atoms with Crippen molar-refractivity contribution in [2.24, 2.45) is 0 Å². The number of hydrogen-bond acceptors (Lipinski definition) is 6. The van der Waals surface area contributed by atoms with E-state index in [4.69, 9.17) is 11.6 Å². The van der Waals surface area contributed by atoms with Crippen LogP contribution in [0.3, 0.4) is 0 Å². The van der Waals surface area contributed by atoms with E-state index in [0.29, 0.717) is 38.7 Å². The third kappa shape index (κ3) is 4.40. The van der Waals surface area contributed by atoms with Gasteiger partial charge in [-0.1, -0.05) is 11.6 Å². The molecule has 31 heavy (non-hydrogen) atoms. The van der Waals surface area contributed by atoms with Crippen molar-refractivity contribution in [3.8, 4) is 17.3 Å². The summed E-state index contributed by atoms with van der Waals surface area (Å²) in [6, 6.07) is 8.61. The number of benzene rings is 1. The van der Waals surface area contributed by atoms with Crippen molar-refractivity contribution < 1.29 is 9.90 Å². The highest BCUT2D eigenvalue weighted by atomic mass is 35.5. The lowest BCUT2D eigenvalue weighted by atomic mass is 10.1. The zero-order chi connectivity index (χ0) is 22.2. The lowest BCUT2D eigenvalue weighted by molar-refractivity contribution is 0.0578. The summed E-state index contributed by atoms with van der Waals surface area (Å²) in [6.07, 6.45) is 6.33. The first-order valence-corrected chi connectivity index (χ1v) is 9.72. The lowest BCUT2D eigenvalue weighted by Gasteiger charge is -2.16. The maximum absolute atomic E-state index is 13.0. The molecule has 4 aromatic rings. The highest BCUT2D eigenvalue weighted by molar-refractivity contribution is 6.31. The molecule has 9 nitrogen and oxygen atoms in total. The molecule has 0 unspecified atom stereocenters. The summed E-state index contributed by atoms with van der Waals surface area (Å²) in [4.78, 5) is 17.2. The molecule has 0 fully saturated rings. The molecule has 2 N–H and O–H groups in total. The third-order valence-corrected chi connectivity index (χ3v) is 4.60. The fraction of sp³-hybridized carbons (Fsp3) is 0.190. The van der Waals surface area contributed by atoms with Gasteiger partial charge in [0.2, 0.25) is 0 Å². The number of carbonyl (C=O) groups excluding carboxylic acids is 1. The summed E-state index contributed by atoms with van der Waals surface area (Å²) >= 11 is 6.16. The summed E-state index contributed by atoms with van der Waals surface area (Å²) in [6.45, 7) is 3.51. The van der Waals surface area contributed by atoms with Gasteiger partial charge in [0.05, 0.1) is 35.7 Å². The summed E-state index contributed by atoms with van der Waals surface area (Å²) in [7, 11) is 0. The second-order valence-corrected chi connectivity index (χ2v) is 8.08. The number of anilines is 1. The van der Waals surface area contributed by atoms with E-state index < -0.39 is 11.5 Å². The zero-order valence-electron chi connectivity index (χ0n) is 16.7. The molecule has 156 valence electrons. The van der Waals surface area contributed by atoms with Crippen LogP contribution < -0.4 is 5.32 Å². The average molecular weight is 436 g/mol. The average Bonchev–Trinajstić information content (AvgIpc) is 3.30. The summed E-state index contributed by atoms with van der Waals surface area (Å²) in [5.74, 6) is -0.416. The first-order valence-electron chi connectivity index (χ1n) is 9.34. The summed E-state index contributed by atoms with van der Waals surface area (Å²) in [5, 5.41) is 31.3. The van der Waals surface area contributed by atoms with Crippen LogP contribution in [-0.2, 0) is 6.54 Å². The summed E-state index contributed by atoms with van der Waals surface area (Å²) < 4.78 is 3.04.